The molecule has 166 valence electrons. The lowest BCUT2D eigenvalue weighted by atomic mass is 9.77. The second kappa shape index (κ2) is 8.47. The molecule has 1 atom stereocenters. The number of amides is 1. The highest BCUT2D eigenvalue weighted by molar-refractivity contribution is 6.63. The minimum Gasteiger partial charge on any atom is -0.497 e. The molecule has 9 heteroatoms. The first-order valence-corrected chi connectivity index (χ1v) is 9.81. The fourth-order valence-corrected chi connectivity index (χ4v) is 2.91. The summed E-state index contributed by atoms with van der Waals surface area (Å²) in [5, 5.41) is 2.57. The van der Waals surface area contributed by atoms with Crippen LogP contribution in [0.15, 0.2) is 18.2 Å². The van der Waals surface area contributed by atoms with Gasteiger partial charge in [-0.1, -0.05) is 12.1 Å². The molecular weight excluding hydrogens is 389 g/mol. The van der Waals surface area contributed by atoms with E-state index in [0.29, 0.717) is 16.8 Å². The van der Waals surface area contributed by atoms with E-state index in [9.17, 15) is 9.59 Å². The van der Waals surface area contributed by atoms with Gasteiger partial charge in [-0.05, 0) is 60.1 Å². The SMILES string of the molecule is COC(=O)[C@@H](NC(=O)OC(C)(C)C)c1ccc(OC)c(B2OC(C)(C)C(C)(C)O2)c1. The van der Waals surface area contributed by atoms with E-state index in [1.54, 1.807) is 46.1 Å². The lowest BCUT2D eigenvalue weighted by molar-refractivity contribution is -0.143. The van der Waals surface area contributed by atoms with Gasteiger partial charge in [0.1, 0.15) is 11.4 Å². The molecule has 0 radical (unpaired) electrons. The Bertz CT molecular complexity index is 785. The Morgan fingerprint density at radius 2 is 1.63 bits per heavy atom. The second-order valence-corrected chi connectivity index (χ2v) is 9.19. The van der Waals surface area contributed by atoms with E-state index in [1.165, 1.54) is 7.11 Å². The number of alkyl carbamates (subject to hydrolysis) is 1. The van der Waals surface area contributed by atoms with Crippen molar-refractivity contribution in [1.29, 1.82) is 0 Å². The number of methoxy groups -OCH3 is 2. The second-order valence-electron chi connectivity index (χ2n) is 9.19. The number of ether oxygens (including phenoxy) is 3. The van der Waals surface area contributed by atoms with Crippen LogP contribution in [0, 0.1) is 0 Å². The van der Waals surface area contributed by atoms with Crippen molar-refractivity contribution in [1.82, 2.24) is 5.32 Å². The Morgan fingerprint density at radius 1 is 1.07 bits per heavy atom. The zero-order valence-corrected chi connectivity index (χ0v) is 19.2. The molecule has 0 aliphatic carbocycles. The molecule has 1 heterocycles. The zero-order chi connectivity index (χ0) is 22.9. The molecule has 30 heavy (non-hydrogen) atoms. The first-order chi connectivity index (χ1) is 13.7. The van der Waals surface area contributed by atoms with Crippen molar-refractivity contribution in [3.05, 3.63) is 23.8 Å². The predicted molar refractivity (Wildman–Crippen MR) is 113 cm³/mol. The molecule has 1 saturated heterocycles. The van der Waals surface area contributed by atoms with Gasteiger partial charge in [0.25, 0.3) is 0 Å². The fraction of sp³-hybridized carbons (Fsp3) is 0.619. The molecular formula is C21H32BNO7. The summed E-state index contributed by atoms with van der Waals surface area (Å²) in [5.74, 6) is -0.0935. The largest absolute Gasteiger partial charge is 0.498 e. The number of esters is 1. The van der Waals surface area contributed by atoms with Gasteiger partial charge >= 0.3 is 19.2 Å². The average molecular weight is 421 g/mol. The summed E-state index contributed by atoms with van der Waals surface area (Å²) in [6, 6.07) is 4.01. The number of benzene rings is 1. The lowest BCUT2D eigenvalue weighted by Crippen LogP contribution is -2.41. The number of hydrogen-bond donors (Lipinski definition) is 1. The molecule has 1 aliphatic heterocycles. The van der Waals surface area contributed by atoms with Gasteiger partial charge in [0.15, 0.2) is 6.04 Å². The van der Waals surface area contributed by atoms with Crippen LogP contribution in [0.1, 0.15) is 60.1 Å². The molecule has 1 amide bonds. The smallest absolute Gasteiger partial charge is 0.497 e. The quantitative estimate of drug-likeness (QED) is 0.577. The standard InChI is InChI=1S/C21H32BNO7/c1-19(2,3)28-18(25)23-16(17(24)27-9)13-10-11-15(26-8)14(12-13)22-29-20(4,5)21(6,7)30-22/h10-12,16H,1-9H3,(H,23,25)/t16-/m0/s1. The van der Waals surface area contributed by atoms with Crippen LogP contribution >= 0.6 is 0 Å². The third-order valence-corrected chi connectivity index (χ3v) is 5.19. The number of rotatable bonds is 5. The Kier molecular flexibility index (Phi) is 6.78. The van der Waals surface area contributed by atoms with Gasteiger partial charge in [0, 0.05) is 5.46 Å². The number of nitrogens with one attached hydrogen (secondary N) is 1. The Hall–Kier alpha value is -2.26. The monoisotopic (exact) mass is 421 g/mol. The predicted octanol–water partition coefficient (Wildman–Crippen LogP) is 2.73. The Labute approximate surface area is 178 Å². The van der Waals surface area contributed by atoms with Crippen molar-refractivity contribution in [2.75, 3.05) is 14.2 Å². The van der Waals surface area contributed by atoms with Gasteiger partial charge in [0.05, 0.1) is 25.4 Å². The number of hydrogen-bond acceptors (Lipinski definition) is 7. The van der Waals surface area contributed by atoms with Gasteiger partial charge in [-0.3, -0.25) is 0 Å². The molecule has 0 bridgehead atoms. The van der Waals surface area contributed by atoms with Crippen LogP contribution in [0.5, 0.6) is 5.75 Å². The molecule has 0 unspecified atom stereocenters. The van der Waals surface area contributed by atoms with E-state index in [2.05, 4.69) is 5.32 Å². The van der Waals surface area contributed by atoms with Crippen LogP contribution in [0.3, 0.4) is 0 Å². The minimum atomic E-state index is -1.07. The Morgan fingerprint density at radius 3 is 2.10 bits per heavy atom. The normalized spacial score (nSPS) is 18.5. The van der Waals surface area contributed by atoms with E-state index >= 15 is 0 Å². The highest BCUT2D eigenvalue weighted by Gasteiger charge is 2.52. The van der Waals surface area contributed by atoms with Gasteiger partial charge in [0.2, 0.25) is 0 Å². The van der Waals surface area contributed by atoms with E-state index in [1.807, 2.05) is 27.7 Å². The van der Waals surface area contributed by atoms with Gasteiger partial charge in [-0.15, -0.1) is 0 Å². The third kappa shape index (κ3) is 5.26. The first-order valence-electron chi connectivity index (χ1n) is 9.81. The number of carbonyl (C=O) groups is 2. The van der Waals surface area contributed by atoms with Crippen molar-refractivity contribution in [2.24, 2.45) is 0 Å². The maximum atomic E-state index is 12.4. The lowest BCUT2D eigenvalue weighted by Gasteiger charge is -2.32. The summed E-state index contributed by atoms with van der Waals surface area (Å²) in [5.41, 5.74) is -0.713. The Balaban J connectivity index is 2.40. The van der Waals surface area contributed by atoms with Crippen molar-refractivity contribution < 1.29 is 33.1 Å². The summed E-state index contributed by atoms with van der Waals surface area (Å²) in [7, 11) is 2.09. The molecule has 8 nitrogen and oxygen atoms in total. The van der Waals surface area contributed by atoms with Crippen LogP contribution in [0.2, 0.25) is 0 Å². The summed E-state index contributed by atoms with van der Waals surface area (Å²) < 4.78 is 27.9. The molecule has 1 N–H and O–H groups in total. The van der Waals surface area contributed by atoms with Crippen LogP contribution in [0.25, 0.3) is 0 Å². The summed E-state index contributed by atoms with van der Waals surface area (Å²) in [6.45, 7) is 13.0. The highest BCUT2D eigenvalue weighted by Crippen LogP contribution is 2.37. The molecule has 0 spiro atoms. The van der Waals surface area contributed by atoms with E-state index in [0.717, 1.165) is 0 Å². The van der Waals surface area contributed by atoms with E-state index < -0.39 is 42.0 Å². The fourth-order valence-electron chi connectivity index (χ4n) is 2.91. The average Bonchev–Trinajstić information content (AvgIpc) is 2.84. The van der Waals surface area contributed by atoms with Crippen LogP contribution < -0.4 is 15.5 Å². The molecule has 1 aromatic carbocycles. The van der Waals surface area contributed by atoms with Gasteiger partial charge in [-0.25, -0.2) is 9.59 Å². The summed E-state index contributed by atoms with van der Waals surface area (Å²) in [4.78, 5) is 24.7. The van der Waals surface area contributed by atoms with Gasteiger partial charge < -0.3 is 28.8 Å². The van der Waals surface area contributed by atoms with Crippen LogP contribution in [-0.4, -0.2) is 50.2 Å². The van der Waals surface area contributed by atoms with Gasteiger partial charge in [-0.2, -0.15) is 0 Å². The minimum absolute atomic E-state index is 0.484. The molecule has 1 aromatic rings. The first kappa shape index (κ1) is 24.0. The van der Waals surface area contributed by atoms with Crippen molar-refractivity contribution >= 4 is 24.6 Å². The third-order valence-electron chi connectivity index (χ3n) is 5.19. The summed E-state index contributed by atoms with van der Waals surface area (Å²) in [6.07, 6.45) is -0.731. The topological polar surface area (TPSA) is 92.3 Å². The van der Waals surface area contributed by atoms with E-state index in [-0.39, 0.29) is 0 Å². The zero-order valence-electron chi connectivity index (χ0n) is 19.2. The van der Waals surface area contributed by atoms with Crippen molar-refractivity contribution in [3.8, 4) is 5.75 Å². The molecule has 2 rings (SSSR count). The molecule has 0 aromatic heterocycles. The van der Waals surface area contributed by atoms with Crippen molar-refractivity contribution in [2.45, 2.75) is 71.3 Å². The van der Waals surface area contributed by atoms with Crippen molar-refractivity contribution in [3.63, 3.8) is 0 Å². The molecule has 1 fully saturated rings. The molecule has 0 saturated carbocycles. The maximum Gasteiger partial charge on any atom is 0.498 e. The maximum absolute atomic E-state index is 12.4. The van der Waals surface area contributed by atoms with Crippen LogP contribution in [0.4, 0.5) is 4.79 Å². The summed E-state index contributed by atoms with van der Waals surface area (Å²) >= 11 is 0. The van der Waals surface area contributed by atoms with Crippen LogP contribution in [-0.2, 0) is 23.6 Å². The van der Waals surface area contributed by atoms with E-state index in [4.69, 9.17) is 23.5 Å². The molecule has 1 aliphatic rings. The number of carbonyl (C=O) groups excluding carboxylic acids is 2. The highest BCUT2D eigenvalue weighted by atomic mass is 16.7.